The van der Waals surface area contributed by atoms with E-state index >= 15 is 0 Å². The first-order valence-electron chi connectivity index (χ1n) is 34.2. The second-order valence-electron chi connectivity index (χ2n) is 25.0. The molecule has 0 aliphatic heterocycles. The van der Waals surface area contributed by atoms with Crippen LogP contribution >= 0.6 is 0 Å². The molecule has 0 spiro atoms. The summed E-state index contributed by atoms with van der Waals surface area (Å²) in [7, 11) is -6.08. The summed E-state index contributed by atoms with van der Waals surface area (Å²) in [4.78, 5) is 83.1. The molecule has 9 aromatic rings. The number of benzene rings is 9. The van der Waals surface area contributed by atoms with Gasteiger partial charge < -0.3 is 40.1 Å². The van der Waals surface area contributed by atoms with E-state index < -0.39 is 78.1 Å². The molecule has 0 bridgehead atoms. The molecule has 23 nitrogen and oxygen atoms in total. The topological polar surface area (TPSA) is 305 Å². The number of likely N-dealkylation sites (N-methyl/N-ethyl adjacent to an activating group) is 3. The fourth-order valence-corrected chi connectivity index (χ4v) is 15.1. The zero-order valence-electron chi connectivity index (χ0n) is 60.7. The molecule has 9 amide bonds. The Morgan fingerprint density at radius 1 is 0.426 bits per heavy atom. The summed E-state index contributed by atoms with van der Waals surface area (Å²) in [5.74, 6) is 0.0645. The van der Waals surface area contributed by atoms with E-state index in [0.29, 0.717) is 46.2 Å². The van der Waals surface area contributed by atoms with Crippen molar-refractivity contribution in [3.8, 4) is 11.5 Å². The Hall–Kier alpha value is -12.1. The van der Waals surface area contributed by atoms with Crippen molar-refractivity contribution in [1.29, 1.82) is 0 Å². The third-order valence-corrected chi connectivity index (χ3v) is 21.8. The number of carbonyl (C=O) groups is 6. The van der Waals surface area contributed by atoms with Gasteiger partial charge in [0.25, 0.3) is 30.1 Å². The second-order valence-corrected chi connectivity index (χ2v) is 29.9. The number of carbonyl (C=O) groups excluding carboxylic acids is 6. The minimum Gasteiger partial charge on any atom is -0.497 e. The molecule has 0 fully saturated rings. The lowest BCUT2D eigenvalue weighted by molar-refractivity contribution is -0.120. The van der Waals surface area contributed by atoms with E-state index in [1.54, 1.807) is 157 Å². The van der Waals surface area contributed by atoms with Crippen LogP contribution in [0.2, 0.25) is 0 Å². The van der Waals surface area contributed by atoms with E-state index in [0.717, 1.165) is 47.2 Å². The number of rotatable bonds is 27. The van der Waals surface area contributed by atoms with Crippen molar-refractivity contribution in [2.75, 3.05) is 49.6 Å². The van der Waals surface area contributed by atoms with Crippen LogP contribution in [0.15, 0.2) is 265 Å². The molecule has 6 N–H and O–H groups in total. The van der Waals surface area contributed by atoms with Crippen molar-refractivity contribution in [1.82, 2.24) is 30.1 Å². The number of ether oxygens (including phenoxy) is 2. The normalized spacial score (nSPS) is 12.3. The van der Waals surface area contributed by atoms with Gasteiger partial charge in [0, 0.05) is 57.5 Å². The number of nitrogens with one attached hydrogen (secondary N) is 6. The Balaban J connectivity index is 0.000000204. The zero-order chi connectivity index (χ0) is 78.1. The highest BCUT2D eigenvalue weighted by Gasteiger charge is 2.32. The zero-order valence-corrected chi connectivity index (χ0v) is 63.1. The maximum atomic E-state index is 13.5. The average Bonchev–Trinajstić information content (AvgIpc) is 1.33. The number of hydrogen-bond acceptors (Lipinski definition) is 14. The number of amides is 9. The third-order valence-electron chi connectivity index (χ3n) is 17.4. The van der Waals surface area contributed by atoms with E-state index in [1.807, 2.05) is 117 Å². The van der Waals surface area contributed by atoms with Crippen LogP contribution in [0, 0.1) is 13.8 Å². The van der Waals surface area contributed by atoms with Crippen LogP contribution in [-0.4, -0.2) is 114 Å². The summed E-state index contributed by atoms with van der Waals surface area (Å²) < 4.78 is 93.5. The Kier molecular flexibility index (Phi) is 28.9. The number of aryl methyl sites for hydroxylation is 4. The fourth-order valence-electron chi connectivity index (χ4n) is 11.7. The molecule has 1 aliphatic carbocycles. The summed E-state index contributed by atoms with van der Waals surface area (Å²) in [6.45, 7) is 14.6. The number of methoxy groups -OCH3 is 1. The van der Waals surface area contributed by atoms with E-state index in [1.165, 1.54) is 50.1 Å². The Labute approximate surface area is 631 Å². The molecule has 10 rings (SSSR count). The Morgan fingerprint density at radius 3 is 1.26 bits per heavy atom. The Bertz CT molecular complexity index is 5050. The minimum absolute atomic E-state index is 0.0105. The summed E-state index contributed by atoms with van der Waals surface area (Å²) in [5.41, 5.74) is 9.04. The van der Waals surface area contributed by atoms with Gasteiger partial charge in [0.15, 0.2) is 0 Å². The highest BCUT2D eigenvalue weighted by atomic mass is 32.2. The maximum absolute atomic E-state index is 13.5. The van der Waals surface area contributed by atoms with Crippen molar-refractivity contribution in [2.45, 2.75) is 85.2 Å². The van der Waals surface area contributed by atoms with Crippen molar-refractivity contribution in [3.63, 3.8) is 0 Å². The first kappa shape index (κ1) is 81.5. The van der Waals surface area contributed by atoms with Gasteiger partial charge in [0.1, 0.15) is 36.2 Å². The number of nitrogens with zero attached hydrogens (tertiary/aromatic N) is 3. The molecule has 0 radical (unpaired) electrons. The molecule has 0 heterocycles. The lowest BCUT2D eigenvalue weighted by Gasteiger charge is -2.25. The highest BCUT2D eigenvalue weighted by Crippen LogP contribution is 2.28. The van der Waals surface area contributed by atoms with Gasteiger partial charge in [-0.15, -0.1) is 0 Å². The van der Waals surface area contributed by atoms with Crippen LogP contribution in [0.1, 0.15) is 56.5 Å². The average molecular weight is 1520 g/mol. The van der Waals surface area contributed by atoms with Crippen LogP contribution in [0.5, 0.6) is 11.5 Å². The lowest BCUT2D eigenvalue weighted by atomic mass is 10.0. The monoisotopic (exact) mass is 1520 g/mol. The number of urea groups is 3. The molecular weight excluding hydrogens is 1430 g/mol. The standard InChI is InChI=1S/C28H29N3O5S.C27H29N3O5S.C27H29N3O4S/c1-5-20-10-9-11-21(18-20)19-25(27(32)31(3)23-14-16-24(36-4)17-15-23)29-28(33)30-37(34,35)26-13-8-7-12-22(26)6-2;1-4-18-35-23-16-14-22(15-17-23)30(3)26(31)24(19-21-11-6-5-7-12-21)28-27(32)29-36(33,34)25-13-9-8-10-20(25)2;1-19-9-6-7-14-25(19)35(33,34)29-27(32)28-24(17-20-10-4-3-5-11-20)26(31)30(2)23-16-15-21-12-8-13-22(21)18-23/h5-18,25H,1-2,19H2,3-4H3,(H2,29,30,33);4-17,24H,1,18-19H2,2-3H3,(H2,28,29,32);3-7,9-11,14-16,18,24H,8,12-13,17H2,1-2H3,(H2,28,29,32)/t25-;2*24-/m000/s1. The van der Waals surface area contributed by atoms with Crippen LogP contribution in [0.4, 0.5) is 31.4 Å². The van der Waals surface area contributed by atoms with Crippen LogP contribution < -0.4 is 54.3 Å². The van der Waals surface area contributed by atoms with Gasteiger partial charge in [-0.25, -0.2) is 53.8 Å². The predicted molar refractivity (Wildman–Crippen MR) is 421 cm³/mol. The molecule has 0 saturated carbocycles. The molecule has 1 aliphatic rings. The van der Waals surface area contributed by atoms with Crippen molar-refractivity contribution >= 4 is 95.1 Å². The second kappa shape index (κ2) is 38.2. The van der Waals surface area contributed by atoms with Gasteiger partial charge in [0.05, 0.1) is 21.8 Å². The Morgan fingerprint density at radius 2 is 0.815 bits per heavy atom. The van der Waals surface area contributed by atoms with Crippen molar-refractivity contribution in [2.24, 2.45) is 0 Å². The molecule has 562 valence electrons. The quantitative estimate of drug-likeness (QED) is 0.0261. The van der Waals surface area contributed by atoms with E-state index in [-0.39, 0.29) is 39.9 Å². The smallest absolute Gasteiger partial charge is 0.329 e. The molecule has 0 saturated heterocycles. The molecule has 0 aromatic heterocycles. The molecule has 9 aromatic carbocycles. The predicted octanol–water partition coefficient (Wildman–Crippen LogP) is 11.8. The van der Waals surface area contributed by atoms with Gasteiger partial charge in [-0.2, -0.15) is 0 Å². The molecular formula is C82H87N9O14S3. The molecule has 0 unspecified atom stereocenters. The first-order chi connectivity index (χ1) is 51.6. The highest BCUT2D eigenvalue weighted by molar-refractivity contribution is 7.90. The largest absolute Gasteiger partial charge is 0.497 e. The van der Waals surface area contributed by atoms with E-state index in [2.05, 4.69) is 35.7 Å². The summed E-state index contributed by atoms with van der Waals surface area (Å²) in [5, 5.41) is 7.68. The van der Waals surface area contributed by atoms with Crippen LogP contribution in [0.3, 0.4) is 0 Å². The van der Waals surface area contributed by atoms with Gasteiger partial charge in [-0.1, -0.05) is 184 Å². The number of sulfonamides is 3. The summed E-state index contributed by atoms with van der Waals surface area (Å²) in [6, 6.07) is 58.3. The number of hydrogen-bond donors (Lipinski definition) is 6. The number of fused-ring (bicyclic) bond motifs is 1. The summed E-state index contributed by atoms with van der Waals surface area (Å²) in [6.07, 6.45) is 8.32. The van der Waals surface area contributed by atoms with Crippen LogP contribution in [0.25, 0.3) is 12.2 Å². The van der Waals surface area contributed by atoms with E-state index in [4.69, 9.17) is 9.47 Å². The molecule has 26 heteroatoms. The fraction of sp³-hybridized carbons (Fsp3) is 0.195. The lowest BCUT2D eigenvalue weighted by Crippen LogP contribution is -2.52. The third kappa shape index (κ3) is 22.7. The number of anilines is 3. The van der Waals surface area contributed by atoms with Gasteiger partial charge in [-0.05, 0) is 162 Å². The van der Waals surface area contributed by atoms with E-state index in [9.17, 15) is 54.0 Å². The maximum Gasteiger partial charge on any atom is 0.329 e. The minimum atomic E-state index is -4.22. The van der Waals surface area contributed by atoms with Gasteiger partial charge >= 0.3 is 18.1 Å². The first-order valence-corrected chi connectivity index (χ1v) is 38.6. The molecule has 3 atom stereocenters. The van der Waals surface area contributed by atoms with Crippen LogP contribution in [-0.2, 0) is 76.6 Å². The van der Waals surface area contributed by atoms with Crippen molar-refractivity contribution < 1.29 is 63.5 Å². The van der Waals surface area contributed by atoms with Gasteiger partial charge in [-0.3, -0.25) is 14.4 Å². The van der Waals surface area contributed by atoms with Crippen molar-refractivity contribution in [3.05, 3.63) is 300 Å². The SMILES string of the molecule is C=CCOc1ccc(N(C)C(=O)[C@H](Cc2ccccc2)NC(=O)NS(=O)(=O)c2ccccc2C)cc1.C=Cc1cccc(C[C@H](NC(=O)NS(=O)(=O)c2ccccc2C=C)C(=O)N(C)c2ccc(OC)cc2)c1.Cc1ccccc1S(=O)(=O)NC(=O)N[C@@H](Cc1ccccc1)C(=O)N(C)c1ccc2c(c1)CCC2. The summed E-state index contributed by atoms with van der Waals surface area (Å²) >= 11 is 0. The molecule has 108 heavy (non-hydrogen) atoms. The van der Waals surface area contributed by atoms with Gasteiger partial charge in [0.2, 0.25) is 17.7 Å².